The van der Waals surface area contributed by atoms with Gasteiger partial charge in [-0.25, -0.2) is 0 Å². The van der Waals surface area contributed by atoms with E-state index in [0.717, 1.165) is 0 Å². The third-order valence-corrected chi connectivity index (χ3v) is 3.15. The quantitative estimate of drug-likeness (QED) is 0.573. The van der Waals surface area contributed by atoms with E-state index in [1.807, 2.05) is 0 Å². The average molecular weight is 178 g/mol. The summed E-state index contributed by atoms with van der Waals surface area (Å²) in [5.41, 5.74) is 2.82. The topological polar surface area (TPSA) is 0 Å². The van der Waals surface area contributed by atoms with Gasteiger partial charge in [0, 0.05) is 0 Å². The fourth-order valence-corrected chi connectivity index (χ4v) is 1.25. The summed E-state index contributed by atoms with van der Waals surface area (Å²) in [4.78, 5) is 0. The van der Waals surface area contributed by atoms with Crippen LogP contribution in [-0.4, -0.2) is 6.71 Å². The van der Waals surface area contributed by atoms with Crippen LogP contribution in [-0.2, 0) is 0 Å². The first-order valence-electron chi connectivity index (χ1n) is 5.02. The van der Waals surface area contributed by atoms with Crippen LogP contribution in [0.4, 0.5) is 0 Å². The van der Waals surface area contributed by atoms with Gasteiger partial charge in [0.25, 0.3) is 0 Å². The minimum atomic E-state index is 0.306. The Bertz CT molecular complexity index is 208. The molecule has 0 radical (unpaired) electrons. The maximum Gasteiger partial charge on any atom is 0.194 e. The molecule has 0 saturated carbocycles. The second-order valence-corrected chi connectivity index (χ2v) is 5.23. The van der Waals surface area contributed by atoms with Crippen molar-refractivity contribution in [3.05, 3.63) is 24.1 Å². The first kappa shape index (κ1) is 12.5. The van der Waals surface area contributed by atoms with Gasteiger partial charge < -0.3 is 0 Å². The van der Waals surface area contributed by atoms with E-state index < -0.39 is 0 Å². The summed E-state index contributed by atoms with van der Waals surface area (Å²) >= 11 is 0. The summed E-state index contributed by atoms with van der Waals surface area (Å²) in [5.74, 6) is 0.541. The molecule has 1 heteroatoms. The summed E-state index contributed by atoms with van der Waals surface area (Å²) in [7, 11) is 0. The Hall–Kier alpha value is -0.455. The smallest absolute Gasteiger partial charge is 0.108 e. The van der Waals surface area contributed by atoms with E-state index in [1.165, 1.54) is 10.9 Å². The molecule has 0 spiro atoms. The molecule has 1 unspecified atom stereocenters. The first-order chi connectivity index (χ1) is 5.68. The molecule has 0 nitrogen and oxygen atoms in total. The zero-order chi connectivity index (χ0) is 10.8. The SMILES string of the molecule is C=C(C)B(C)C(=C)C(C)C(C)(C)C. The minimum absolute atomic E-state index is 0.306. The van der Waals surface area contributed by atoms with Crippen LogP contribution in [0, 0.1) is 11.3 Å². The van der Waals surface area contributed by atoms with Crippen molar-refractivity contribution in [3.63, 3.8) is 0 Å². The van der Waals surface area contributed by atoms with Crippen molar-refractivity contribution in [1.82, 2.24) is 0 Å². The molecule has 0 fully saturated rings. The number of hydrogen-bond acceptors (Lipinski definition) is 0. The molecule has 0 saturated heterocycles. The molecule has 1 atom stereocenters. The molecule has 0 aliphatic heterocycles. The van der Waals surface area contributed by atoms with Crippen molar-refractivity contribution in [2.75, 3.05) is 0 Å². The van der Waals surface area contributed by atoms with Crippen LogP contribution in [0.5, 0.6) is 0 Å². The van der Waals surface area contributed by atoms with E-state index in [0.29, 0.717) is 18.0 Å². The Morgan fingerprint density at radius 1 is 1.23 bits per heavy atom. The van der Waals surface area contributed by atoms with E-state index >= 15 is 0 Å². The Kier molecular flexibility index (Phi) is 4.02. The van der Waals surface area contributed by atoms with Gasteiger partial charge in [0.2, 0.25) is 0 Å². The van der Waals surface area contributed by atoms with Crippen molar-refractivity contribution >= 4 is 6.71 Å². The molecule has 0 bridgehead atoms. The Morgan fingerprint density at radius 3 is 1.85 bits per heavy atom. The summed E-state index contributed by atoms with van der Waals surface area (Å²) in [6, 6.07) is 0. The lowest BCUT2D eigenvalue weighted by Gasteiger charge is -2.31. The van der Waals surface area contributed by atoms with Crippen molar-refractivity contribution in [1.29, 1.82) is 0 Å². The number of rotatable bonds is 3. The predicted molar refractivity (Wildman–Crippen MR) is 64.2 cm³/mol. The normalized spacial score (nSPS) is 13.7. The standard InChI is InChI=1S/C12H23B/c1-9(2)13(8)11(4)10(3)12(5,6)7/h10H,1,4H2,2-3,5-8H3. The van der Waals surface area contributed by atoms with Gasteiger partial charge in [0.05, 0.1) is 0 Å². The zero-order valence-electron chi connectivity index (χ0n) is 10.1. The van der Waals surface area contributed by atoms with Gasteiger partial charge >= 0.3 is 0 Å². The van der Waals surface area contributed by atoms with Crippen LogP contribution in [0.3, 0.4) is 0 Å². The molecule has 0 aromatic carbocycles. The van der Waals surface area contributed by atoms with Gasteiger partial charge in [0.15, 0.2) is 6.71 Å². The maximum absolute atomic E-state index is 4.18. The Balaban J connectivity index is 4.53. The highest BCUT2D eigenvalue weighted by molar-refractivity contribution is 6.72. The Morgan fingerprint density at radius 2 is 1.62 bits per heavy atom. The van der Waals surface area contributed by atoms with E-state index in [4.69, 9.17) is 0 Å². The van der Waals surface area contributed by atoms with Gasteiger partial charge in [0.1, 0.15) is 0 Å². The highest BCUT2D eigenvalue weighted by Crippen LogP contribution is 2.32. The molecule has 0 N–H and O–H groups in total. The second-order valence-electron chi connectivity index (χ2n) is 5.23. The average Bonchev–Trinajstić information content (AvgIpc) is 1.98. The molecule has 0 amide bonds. The second kappa shape index (κ2) is 4.17. The van der Waals surface area contributed by atoms with Gasteiger partial charge in [-0.3, -0.25) is 0 Å². The van der Waals surface area contributed by atoms with Gasteiger partial charge in [-0.05, 0) is 11.3 Å². The number of hydrogen-bond donors (Lipinski definition) is 0. The third kappa shape index (κ3) is 3.42. The van der Waals surface area contributed by atoms with E-state index in [9.17, 15) is 0 Å². The lowest BCUT2D eigenvalue weighted by Crippen LogP contribution is -2.27. The van der Waals surface area contributed by atoms with Crippen molar-refractivity contribution in [3.8, 4) is 0 Å². The minimum Gasteiger partial charge on any atom is -0.108 e. The summed E-state index contributed by atoms with van der Waals surface area (Å²) in [6.45, 7) is 21.9. The molecule has 0 aromatic rings. The monoisotopic (exact) mass is 178 g/mol. The fourth-order valence-electron chi connectivity index (χ4n) is 1.25. The molecule has 0 heterocycles. The van der Waals surface area contributed by atoms with Crippen LogP contribution in [0.25, 0.3) is 0 Å². The van der Waals surface area contributed by atoms with Crippen molar-refractivity contribution in [2.45, 2.75) is 41.4 Å². The van der Waals surface area contributed by atoms with Crippen LogP contribution < -0.4 is 0 Å². The van der Waals surface area contributed by atoms with Crippen LogP contribution in [0.1, 0.15) is 34.6 Å². The molecule has 0 rings (SSSR count). The van der Waals surface area contributed by atoms with Crippen LogP contribution >= 0.6 is 0 Å². The largest absolute Gasteiger partial charge is 0.194 e. The molecule has 13 heavy (non-hydrogen) atoms. The maximum atomic E-state index is 4.18. The number of allylic oxidation sites excluding steroid dienone is 2. The molecular formula is C12H23B. The van der Waals surface area contributed by atoms with Gasteiger partial charge in [-0.2, -0.15) is 0 Å². The van der Waals surface area contributed by atoms with Gasteiger partial charge in [-0.15, -0.1) is 24.1 Å². The molecule has 74 valence electrons. The van der Waals surface area contributed by atoms with Crippen LogP contribution in [0.15, 0.2) is 24.1 Å². The highest BCUT2D eigenvalue weighted by atomic mass is 14.2. The third-order valence-electron chi connectivity index (χ3n) is 3.15. The predicted octanol–water partition coefficient (Wildman–Crippen LogP) is 4.00. The van der Waals surface area contributed by atoms with E-state index in [-0.39, 0.29) is 0 Å². The summed E-state index contributed by atoms with van der Waals surface area (Å²) in [5, 5.41) is 0. The fraction of sp³-hybridized carbons (Fsp3) is 0.667. The first-order valence-corrected chi connectivity index (χ1v) is 5.02. The zero-order valence-corrected chi connectivity index (χ0v) is 10.1. The van der Waals surface area contributed by atoms with Crippen molar-refractivity contribution in [2.24, 2.45) is 11.3 Å². The summed E-state index contributed by atoms with van der Waals surface area (Å²) < 4.78 is 0. The molecular weight excluding hydrogens is 155 g/mol. The van der Waals surface area contributed by atoms with E-state index in [1.54, 1.807) is 0 Å². The Labute approximate surface area is 84.2 Å². The lowest BCUT2D eigenvalue weighted by atomic mass is 9.39. The lowest BCUT2D eigenvalue weighted by molar-refractivity contribution is 0.309. The molecule has 0 aliphatic carbocycles. The summed E-state index contributed by atoms with van der Waals surface area (Å²) in [6.07, 6.45) is 0. The van der Waals surface area contributed by atoms with E-state index in [2.05, 4.69) is 54.6 Å². The molecule has 0 aromatic heterocycles. The van der Waals surface area contributed by atoms with Crippen LogP contribution in [0.2, 0.25) is 6.82 Å². The van der Waals surface area contributed by atoms with Gasteiger partial charge in [-0.1, -0.05) is 41.4 Å². The molecule has 0 aliphatic rings. The highest BCUT2D eigenvalue weighted by Gasteiger charge is 2.26. The van der Waals surface area contributed by atoms with Crippen molar-refractivity contribution < 1.29 is 0 Å².